The van der Waals surface area contributed by atoms with Gasteiger partial charge in [0, 0.05) is 22.2 Å². The highest BCUT2D eigenvalue weighted by Gasteiger charge is 2.47. The van der Waals surface area contributed by atoms with Gasteiger partial charge in [-0.05, 0) is 208 Å². The average molecular weight is 920 g/mol. The van der Waals surface area contributed by atoms with Gasteiger partial charge in [-0.15, -0.1) is 0 Å². The molecule has 8 rings (SSSR count). The van der Waals surface area contributed by atoms with Crippen LogP contribution in [0, 0.1) is 46.2 Å². The summed E-state index contributed by atoms with van der Waals surface area (Å²) >= 11 is 6.56. The largest absolute Gasteiger partial charge is 0.858 e. The molecule has 9 unspecified atom stereocenters. The molecule has 0 N–H and O–H groups in total. The van der Waals surface area contributed by atoms with Gasteiger partial charge in [-0.25, -0.2) is 0 Å². The number of nitrogens with zero attached hydrogens (tertiary/aromatic N) is 1. The van der Waals surface area contributed by atoms with Gasteiger partial charge in [0.2, 0.25) is 0 Å². The number of halogens is 3. The number of benzene rings is 2. The van der Waals surface area contributed by atoms with E-state index in [2.05, 4.69) is 84.3 Å². The Kier molecular flexibility index (Phi) is 7.78. The lowest BCUT2D eigenvalue weighted by Crippen LogP contribution is -2.25. The third-order valence-electron chi connectivity index (χ3n) is 12.3. The van der Waals surface area contributed by atoms with Gasteiger partial charge in [0.05, 0.1) is 4.90 Å². The van der Waals surface area contributed by atoms with Gasteiger partial charge in [0.1, 0.15) is 0 Å². The van der Waals surface area contributed by atoms with Gasteiger partial charge in [-0.3, -0.25) is 0 Å². The van der Waals surface area contributed by atoms with Gasteiger partial charge in [-0.1, -0.05) is 31.4 Å². The minimum atomic E-state index is -4.20. The van der Waals surface area contributed by atoms with E-state index in [1.807, 2.05) is 6.07 Å². The smallest absolute Gasteiger partial charge is 0.282 e. The molecule has 6 saturated carbocycles. The first-order valence-corrected chi connectivity index (χ1v) is 20.7. The van der Waals surface area contributed by atoms with Crippen molar-refractivity contribution < 1.29 is 13.5 Å². The molecule has 0 amide bonds. The lowest BCUT2D eigenvalue weighted by Gasteiger charge is -2.32. The fraction of sp³-hybridized carbons (Fsp3) is 0.618. The summed E-state index contributed by atoms with van der Waals surface area (Å²) in [6.45, 7) is 0. The molecule has 8 heteroatoms. The first-order valence-electron chi connectivity index (χ1n) is 16.0. The van der Waals surface area contributed by atoms with Gasteiger partial charge in [0.25, 0.3) is 10.0 Å². The second-order valence-electron chi connectivity index (χ2n) is 14.5. The van der Waals surface area contributed by atoms with E-state index < -0.39 is 15.9 Å². The van der Waals surface area contributed by atoms with Crippen LogP contribution in [0.1, 0.15) is 117 Å². The Labute approximate surface area is 291 Å². The maximum absolute atomic E-state index is 14.6. The van der Waals surface area contributed by atoms with Gasteiger partial charge >= 0.3 is 0 Å². The van der Waals surface area contributed by atoms with Crippen molar-refractivity contribution in [2.75, 3.05) is 0 Å². The van der Waals surface area contributed by atoms with Crippen molar-refractivity contribution in [1.82, 2.24) is 0 Å². The van der Waals surface area contributed by atoms with Crippen LogP contribution in [-0.2, 0) is 10.0 Å². The van der Waals surface area contributed by atoms with E-state index in [0.717, 1.165) is 46.5 Å². The lowest BCUT2D eigenvalue weighted by atomic mass is 9.75. The summed E-state index contributed by atoms with van der Waals surface area (Å²) in [6.07, 6.45) is 14.9. The summed E-state index contributed by atoms with van der Waals surface area (Å²) in [5.74, 6) is 4.59. The van der Waals surface area contributed by atoms with Gasteiger partial charge in [-0.2, -0.15) is 12.8 Å². The van der Waals surface area contributed by atoms with E-state index in [4.69, 9.17) is 0 Å². The third-order valence-corrected chi connectivity index (χ3v) is 17.4. The fourth-order valence-corrected chi connectivity index (χ4v) is 14.4. The van der Waals surface area contributed by atoms with Crippen LogP contribution in [-0.4, -0.2) is 14.3 Å². The number of fused-ring (bicyclic) bond motifs is 6. The molecule has 0 aromatic heterocycles. The quantitative estimate of drug-likeness (QED) is 0.126. The molecular weight excluding hydrogens is 883 g/mol. The van der Waals surface area contributed by atoms with Crippen molar-refractivity contribution in [3.63, 3.8) is 0 Å². The van der Waals surface area contributed by atoms with Crippen molar-refractivity contribution >= 4 is 83.7 Å². The standard InChI is InChI=1S/C34H38I3NO3S/c35-24-15-30(32(37)31(36)16-24)34(39)38-42(40,41)33-28(26-11-18-2-5-21(26)8-18)13-23(25-10-17-1-4-20(25)7-17)14-29(33)27-12-19-3-6-22(27)9-19/h13-22,25-27H,1-12H2,(H,38,39)/p-1. The van der Waals surface area contributed by atoms with Crippen LogP contribution in [0.25, 0.3) is 0 Å². The highest BCUT2D eigenvalue weighted by molar-refractivity contribution is 14.1. The van der Waals surface area contributed by atoms with E-state index in [1.165, 1.54) is 69.8 Å². The Bertz CT molecular complexity index is 1540. The molecule has 0 spiro atoms. The Morgan fingerprint density at radius 2 is 1.19 bits per heavy atom. The first kappa shape index (κ1) is 29.5. The van der Waals surface area contributed by atoms with Crippen LogP contribution in [0.4, 0.5) is 0 Å². The summed E-state index contributed by atoms with van der Waals surface area (Å²) in [4.78, 5) is 0.438. The maximum Gasteiger partial charge on any atom is 0.282 e. The van der Waals surface area contributed by atoms with Gasteiger partial charge < -0.3 is 5.11 Å². The molecule has 2 aromatic rings. The van der Waals surface area contributed by atoms with Gasteiger partial charge in [0.15, 0.2) is 0 Å². The Morgan fingerprint density at radius 1 is 0.690 bits per heavy atom. The average Bonchev–Trinajstić information content (AvgIpc) is 3.82. The number of sulfonamides is 1. The first-order chi connectivity index (χ1) is 20.1. The zero-order valence-electron chi connectivity index (χ0n) is 23.7. The molecule has 9 atom stereocenters. The third kappa shape index (κ3) is 5.04. The minimum Gasteiger partial charge on any atom is -0.858 e. The molecule has 0 heterocycles. The van der Waals surface area contributed by atoms with Crippen LogP contribution >= 0.6 is 67.8 Å². The van der Waals surface area contributed by atoms with E-state index in [1.54, 1.807) is 6.07 Å². The molecule has 6 fully saturated rings. The van der Waals surface area contributed by atoms with E-state index in [-0.39, 0.29) is 11.8 Å². The summed E-state index contributed by atoms with van der Waals surface area (Å²) in [5, 5.41) is 13.7. The summed E-state index contributed by atoms with van der Waals surface area (Å²) in [7, 11) is -4.20. The van der Waals surface area contributed by atoms with E-state index in [0.29, 0.717) is 40.0 Å². The predicted octanol–water partition coefficient (Wildman–Crippen LogP) is 8.71. The maximum atomic E-state index is 14.6. The molecule has 2 aromatic carbocycles. The van der Waals surface area contributed by atoms with Crippen LogP contribution in [0.3, 0.4) is 0 Å². The van der Waals surface area contributed by atoms with Crippen LogP contribution in [0.2, 0.25) is 0 Å². The molecular formula is C34H37I3NO3S-. The van der Waals surface area contributed by atoms with Crippen molar-refractivity contribution in [1.29, 1.82) is 0 Å². The molecule has 6 aliphatic rings. The highest BCUT2D eigenvalue weighted by Crippen LogP contribution is 2.60. The molecule has 0 radical (unpaired) electrons. The zero-order valence-corrected chi connectivity index (χ0v) is 31.0. The molecule has 0 aliphatic heterocycles. The molecule has 42 heavy (non-hydrogen) atoms. The number of hydrogen-bond donors (Lipinski definition) is 0. The summed E-state index contributed by atoms with van der Waals surface area (Å²) in [5.41, 5.74) is 3.86. The Hall–Kier alpha value is 0.0500. The molecule has 6 bridgehead atoms. The van der Waals surface area contributed by atoms with Crippen molar-refractivity contribution in [3.8, 4) is 0 Å². The van der Waals surface area contributed by atoms with E-state index >= 15 is 0 Å². The second-order valence-corrected chi connectivity index (χ2v) is 19.5. The fourth-order valence-electron chi connectivity index (χ4n) is 10.6. The number of rotatable bonds is 6. The van der Waals surface area contributed by atoms with Crippen LogP contribution in [0.15, 0.2) is 33.6 Å². The summed E-state index contributed by atoms with van der Waals surface area (Å²) in [6, 6.07) is 8.44. The van der Waals surface area contributed by atoms with Crippen LogP contribution in [0.5, 0.6) is 0 Å². The van der Waals surface area contributed by atoms with Crippen molar-refractivity contribution in [2.45, 2.75) is 99.7 Å². The highest BCUT2D eigenvalue weighted by atomic mass is 127. The Balaban J connectivity index is 1.32. The van der Waals surface area contributed by atoms with Crippen molar-refractivity contribution in [3.05, 3.63) is 57.2 Å². The lowest BCUT2D eigenvalue weighted by molar-refractivity contribution is -0.212. The monoisotopic (exact) mass is 920 g/mol. The molecule has 0 saturated heterocycles. The summed E-state index contributed by atoms with van der Waals surface area (Å²) < 4.78 is 36.1. The van der Waals surface area contributed by atoms with Crippen molar-refractivity contribution in [2.24, 2.45) is 39.9 Å². The van der Waals surface area contributed by atoms with E-state index in [9.17, 15) is 13.5 Å². The molecule has 224 valence electrons. The second kappa shape index (κ2) is 11.1. The number of hydrogen-bond acceptors (Lipinski definition) is 3. The Morgan fingerprint density at radius 3 is 1.64 bits per heavy atom. The topological polar surface area (TPSA) is 69.6 Å². The normalized spacial score (nSPS) is 36.9. The van der Waals surface area contributed by atoms with Crippen LogP contribution < -0.4 is 5.11 Å². The predicted molar refractivity (Wildman–Crippen MR) is 189 cm³/mol. The zero-order chi connectivity index (χ0) is 28.9. The SMILES string of the molecule is O=S(=O)(/N=C(\[O-])c1cc(I)cc(I)c1I)c1c(C2CC3CCC2C3)cc(C2CC3CCC2C3)cc1C1CC2CCC1C2. The minimum absolute atomic E-state index is 0.272. The molecule has 6 aliphatic carbocycles. The molecule has 4 nitrogen and oxygen atoms in total.